The fourth-order valence-corrected chi connectivity index (χ4v) is 2.67. The molecule has 3 nitrogen and oxygen atoms in total. The van der Waals surface area contributed by atoms with Gasteiger partial charge in [-0.15, -0.1) is 0 Å². The highest BCUT2D eigenvalue weighted by atomic mass is 35.5. The van der Waals surface area contributed by atoms with Crippen LogP contribution in [-0.4, -0.2) is 29.3 Å². The smallest absolute Gasteiger partial charge is 0.170 e. The summed E-state index contributed by atoms with van der Waals surface area (Å²) in [5, 5.41) is 7.48. The Hall–Kier alpha value is -0.650. The summed E-state index contributed by atoms with van der Waals surface area (Å²) in [7, 11) is 1.62. The minimum atomic E-state index is 0.271. The second-order valence-electron chi connectivity index (χ2n) is 5.19. The molecule has 0 fully saturated rings. The maximum atomic E-state index is 5.97. The summed E-state index contributed by atoms with van der Waals surface area (Å²) in [5.74, 6) is 1.71. The molecule has 0 saturated heterocycles. The first-order valence-corrected chi connectivity index (χ1v) is 8.11. The van der Waals surface area contributed by atoms with E-state index in [1.165, 1.54) is 0 Å². The Labute approximate surface area is 135 Å². The summed E-state index contributed by atoms with van der Waals surface area (Å²) >= 11 is 13.1. The summed E-state index contributed by atoms with van der Waals surface area (Å²) < 4.78 is 5.53. The highest BCUT2D eigenvalue weighted by molar-refractivity contribution is 8.00. The fourth-order valence-electron chi connectivity index (χ4n) is 1.47. The number of nitrogens with one attached hydrogen (secondary N) is 2. The average Bonchev–Trinajstić information content (AvgIpc) is 2.34. The van der Waals surface area contributed by atoms with Crippen LogP contribution in [0.2, 0.25) is 5.02 Å². The van der Waals surface area contributed by atoms with Gasteiger partial charge in [0.05, 0.1) is 12.8 Å². The van der Waals surface area contributed by atoms with E-state index in [2.05, 4.69) is 31.4 Å². The van der Waals surface area contributed by atoms with E-state index in [9.17, 15) is 0 Å². The minimum absolute atomic E-state index is 0.271. The van der Waals surface area contributed by atoms with Gasteiger partial charge in [0.1, 0.15) is 5.75 Å². The van der Waals surface area contributed by atoms with Crippen molar-refractivity contribution in [1.29, 1.82) is 0 Å². The SMILES string of the molecule is COc1ccc(Cl)cc1NC(=S)NCCSC(C)(C)C. The van der Waals surface area contributed by atoms with Crippen LogP contribution >= 0.6 is 35.6 Å². The first-order valence-electron chi connectivity index (χ1n) is 6.34. The van der Waals surface area contributed by atoms with Crippen molar-refractivity contribution < 1.29 is 4.74 Å². The molecule has 0 bridgehead atoms. The molecule has 0 aromatic heterocycles. The molecular weight excluding hydrogens is 312 g/mol. The van der Waals surface area contributed by atoms with Crippen molar-refractivity contribution >= 4 is 46.4 Å². The monoisotopic (exact) mass is 332 g/mol. The lowest BCUT2D eigenvalue weighted by Gasteiger charge is -2.18. The second-order valence-corrected chi connectivity index (χ2v) is 7.95. The number of methoxy groups -OCH3 is 1. The Morgan fingerprint density at radius 2 is 2.10 bits per heavy atom. The van der Waals surface area contributed by atoms with Crippen LogP contribution in [0.4, 0.5) is 5.69 Å². The first kappa shape index (κ1) is 17.4. The molecule has 112 valence electrons. The molecule has 0 aliphatic heterocycles. The highest BCUT2D eigenvalue weighted by Gasteiger charge is 2.10. The first-order chi connectivity index (χ1) is 9.31. The third-order valence-corrected chi connectivity index (χ3v) is 4.09. The van der Waals surface area contributed by atoms with Gasteiger partial charge in [-0.25, -0.2) is 0 Å². The van der Waals surface area contributed by atoms with Gasteiger partial charge in [0, 0.05) is 22.1 Å². The number of hydrogen-bond acceptors (Lipinski definition) is 3. The summed E-state index contributed by atoms with van der Waals surface area (Å²) in [6.45, 7) is 7.41. The number of halogens is 1. The number of ether oxygens (including phenoxy) is 1. The zero-order chi connectivity index (χ0) is 15.2. The molecule has 0 heterocycles. The van der Waals surface area contributed by atoms with E-state index in [1.54, 1.807) is 19.2 Å². The number of thioether (sulfide) groups is 1. The number of anilines is 1. The quantitative estimate of drug-likeness (QED) is 0.625. The molecule has 1 aromatic rings. The van der Waals surface area contributed by atoms with Crippen molar-refractivity contribution in [3.05, 3.63) is 23.2 Å². The van der Waals surface area contributed by atoms with Gasteiger partial charge in [-0.05, 0) is 30.4 Å². The second kappa shape index (κ2) is 7.96. The Morgan fingerprint density at radius 3 is 2.70 bits per heavy atom. The Balaban J connectivity index is 2.44. The van der Waals surface area contributed by atoms with Gasteiger partial charge in [-0.1, -0.05) is 32.4 Å². The van der Waals surface area contributed by atoms with E-state index in [4.69, 9.17) is 28.6 Å². The standard InChI is InChI=1S/C14H21ClN2OS2/c1-14(2,3)20-8-7-16-13(19)17-11-9-10(15)5-6-12(11)18-4/h5-6,9H,7-8H2,1-4H3,(H2,16,17,19). The molecule has 2 N–H and O–H groups in total. The molecule has 0 aliphatic rings. The van der Waals surface area contributed by atoms with Crippen LogP contribution in [0.3, 0.4) is 0 Å². The molecular formula is C14H21ClN2OS2. The molecule has 0 radical (unpaired) electrons. The molecule has 0 saturated carbocycles. The maximum absolute atomic E-state index is 5.97. The molecule has 0 aliphatic carbocycles. The van der Waals surface area contributed by atoms with Gasteiger partial charge in [0.25, 0.3) is 0 Å². The number of rotatable bonds is 5. The van der Waals surface area contributed by atoms with Gasteiger partial charge in [-0.3, -0.25) is 0 Å². The van der Waals surface area contributed by atoms with E-state index in [0.29, 0.717) is 15.9 Å². The van der Waals surface area contributed by atoms with Gasteiger partial charge in [0.2, 0.25) is 0 Å². The molecule has 1 aromatic carbocycles. The highest BCUT2D eigenvalue weighted by Crippen LogP contribution is 2.27. The number of benzene rings is 1. The van der Waals surface area contributed by atoms with E-state index in [1.807, 2.05) is 17.8 Å². The van der Waals surface area contributed by atoms with Gasteiger partial charge in [-0.2, -0.15) is 11.8 Å². The van der Waals surface area contributed by atoms with Crippen LogP contribution in [0.25, 0.3) is 0 Å². The van der Waals surface area contributed by atoms with Crippen molar-refractivity contribution in [2.45, 2.75) is 25.5 Å². The fraction of sp³-hybridized carbons (Fsp3) is 0.500. The number of hydrogen-bond donors (Lipinski definition) is 2. The van der Waals surface area contributed by atoms with Crippen molar-refractivity contribution in [1.82, 2.24) is 5.32 Å². The Kier molecular flexibility index (Phi) is 6.92. The van der Waals surface area contributed by atoms with Crippen LogP contribution in [0.5, 0.6) is 5.75 Å². The molecule has 20 heavy (non-hydrogen) atoms. The number of thiocarbonyl (C=S) groups is 1. The van der Waals surface area contributed by atoms with Crippen molar-refractivity contribution in [2.75, 3.05) is 24.7 Å². The lowest BCUT2D eigenvalue weighted by Crippen LogP contribution is -2.31. The summed E-state index contributed by atoms with van der Waals surface area (Å²) in [6, 6.07) is 5.38. The van der Waals surface area contributed by atoms with Crippen LogP contribution < -0.4 is 15.4 Å². The van der Waals surface area contributed by atoms with Crippen molar-refractivity contribution in [3.63, 3.8) is 0 Å². The molecule has 0 spiro atoms. The van der Waals surface area contributed by atoms with Crippen LogP contribution in [0.1, 0.15) is 20.8 Å². The van der Waals surface area contributed by atoms with E-state index >= 15 is 0 Å². The zero-order valence-electron chi connectivity index (χ0n) is 12.2. The molecule has 1 rings (SSSR count). The molecule has 6 heteroatoms. The predicted molar refractivity (Wildman–Crippen MR) is 94.4 cm³/mol. The summed E-state index contributed by atoms with van der Waals surface area (Å²) in [6.07, 6.45) is 0. The van der Waals surface area contributed by atoms with Crippen LogP contribution in [0, 0.1) is 0 Å². The zero-order valence-corrected chi connectivity index (χ0v) is 14.6. The van der Waals surface area contributed by atoms with Crippen LogP contribution in [-0.2, 0) is 0 Å². The molecule has 0 unspecified atom stereocenters. The van der Waals surface area contributed by atoms with Crippen LogP contribution in [0.15, 0.2) is 18.2 Å². The largest absolute Gasteiger partial charge is 0.495 e. The predicted octanol–water partition coefficient (Wildman–Crippen LogP) is 4.17. The van der Waals surface area contributed by atoms with E-state index < -0.39 is 0 Å². The summed E-state index contributed by atoms with van der Waals surface area (Å²) in [5.41, 5.74) is 0.765. The van der Waals surface area contributed by atoms with Gasteiger partial charge < -0.3 is 15.4 Å². The third-order valence-electron chi connectivity index (χ3n) is 2.33. The Bertz CT molecular complexity index is 461. The van der Waals surface area contributed by atoms with Gasteiger partial charge >= 0.3 is 0 Å². The average molecular weight is 333 g/mol. The molecule has 0 amide bonds. The normalized spacial score (nSPS) is 11.1. The topological polar surface area (TPSA) is 33.3 Å². The lowest BCUT2D eigenvalue weighted by atomic mass is 10.3. The third kappa shape index (κ3) is 6.68. The maximum Gasteiger partial charge on any atom is 0.170 e. The minimum Gasteiger partial charge on any atom is -0.495 e. The Morgan fingerprint density at radius 1 is 1.40 bits per heavy atom. The molecule has 0 atom stereocenters. The van der Waals surface area contributed by atoms with Gasteiger partial charge in [0.15, 0.2) is 5.11 Å². The lowest BCUT2D eigenvalue weighted by molar-refractivity contribution is 0.417. The summed E-state index contributed by atoms with van der Waals surface area (Å²) in [4.78, 5) is 0. The van der Waals surface area contributed by atoms with Crippen molar-refractivity contribution in [3.8, 4) is 5.75 Å². The van der Waals surface area contributed by atoms with Crippen molar-refractivity contribution in [2.24, 2.45) is 0 Å². The van der Waals surface area contributed by atoms with E-state index in [0.717, 1.165) is 18.0 Å². The van der Waals surface area contributed by atoms with E-state index in [-0.39, 0.29) is 4.75 Å².